The molecule has 1 aliphatic rings. The lowest BCUT2D eigenvalue weighted by Gasteiger charge is -2.36. The first-order chi connectivity index (χ1) is 14.6. The molecule has 0 spiro atoms. The van der Waals surface area contributed by atoms with E-state index in [0.29, 0.717) is 22.8 Å². The average Bonchev–Trinajstić information content (AvgIpc) is 2.77. The fourth-order valence-electron chi connectivity index (χ4n) is 3.63. The van der Waals surface area contributed by atoms with Gasteiger partial charge in [-0.3, -0.25) is 9.69 Å². The van der Waals surface area contributed by atoms with E-state index in [1.54, 1.807) is 38.4 Å². The van der Waals surface area contributed by atoms with Crippen LogP contribution in [0, 0.1) is 0 Å². The van der Waals surface area contributed by atoms with E-state index in [9.17, 15) is 4.79 Å². The van der Waals surface area contributed by atoms with Gasteiger partial charge in [0.1, 0.15) is 6.04 Å². The fourth-order valence-corrected chi connectivity index (χ4v) is 4.02. The van der Waals surface area contributed by atoms with E-state index in [-0.39, 0.29) is 5.91 Å². The topological polar surface area (TPSA) is 60.0 Å². The first kappa shape index (κ1) is 20.1. The molecule has 0 saturated carbocycles. The molecule has 1 atom stereocenters. The second-order valence-corrected chi connectivity index (χ2v) is 7.62. The van der Waals surface area contributed by atoms with Gasteiger partial charge in [0.2, 0.25) is 5.75 Å². The number of amides is 1. The largest absolute Gasteiger partial charge is 0.493 e. The second kappa shape index (κ2) is 8.28. The van der Waals surface area contributed by atoms with Crippen LogP contribution in [-0.2, 0) is 4.79 Å². The molecule has 7 heteroatoms. The van der Waals surface area contributed by atoms with Crippen LogP contribution in [0.15, 0.2) is 65.1 Å². The van der Waals surface area contributed by atoms with Crippen molar-refractivity contribution in [2.24, 2.45) is 0 Å². The maximum atomic E-state index is 13.7. The van der Waals surface area contributed by atoms with Gasteiger partial charge in [-0.2, -0.15) is 0 Å². The molecule has 0 aromatic heterocycles. The van der Waals surface area contributed by atoms with Crippen LogP contribution in [0.2, 0.25) is 0 Å². The summed E-state index contributed by atoms with van der Waals surface area (Å²) in [6.45, 7) is 0. The summed E-state index contributed by atoms with van der Waals surface area (Å²) in [5.74, 6) is 1.36. The maximum absolute atomic E-state index is 13.7. The van der Waals surface area contributed by atoms with Gasteiger partial charge in [-0.1, -0.05) is 34.1 Å². The van der Waals surface area contributed by atoms with Gasteiger partial charge >= 0.3 is 0 Å². The summed E-state index contributed by atoms with van der Waals surface area (Å²) in [7, 11) is 4.66. The van der Waals surface area contributed by atoms with Crippen LogP contribution in [0.25, 0.3) is 0 Å². The predicted octanol–water partition coefficient (Wildman–Crippen LogP) is 5.31. The van der Waals surface area contributed by atoms with Crippen molar-refractivity contribution in [3.05, 3.63) is 70.7 Å². The number of benzene rings is 3. The molecular formula is C23H21BrN2O4. The minimum atomic E-state index is -0.632. The highest BCUT2D eigenvalue weighted by atomic mass is 79.9. The number of hydrogen-bond acceptors (Lipinski definition) is 5. The number of nitrogens with one attached hydrogen (secondary N) is 1. The van der Waals surface area contributed by atoms with Crippen LogP contribution in [0.4, 0.5) is 17.1 Å². The number of ether oxygens (including phenoxy) is 3. The van der Waals surface area contributed by atoms with Gasteiger partial charge in [0.15, 0.2) is 11.5 Å². The third kappa shape index (κ3) is 3.45. The molecule has 0 fully saturated rings. The normalized spacial score (nSPS) is 15.3. The van der Waals surface area contributed by atoms with E-state index < -0.39 is 6.04 Å². The predicted molar refractivity (Wildman–Crippen MR) is 120 cm³/mol. The lowest BCUT2D eigenvalue weighted by atomic mass is 9.99. The number of anilines is 3. The molecule has 0 aliphatic carbocycles. The van der Waals surface area contributed by atoms with Gasteiger partial charge < -0.3 is 19.5 Å². The summed E-state index contributed by atoms with van der Waals surface area (Å²) < 4.78 is 17.3. The molecule has 0 saturated heterocycles. The van der Waals surface area contributed by atoms with Gasteiger partial charge in [0.25, 0.3) is 5.91 Å². The van der Waals surface area contributed by atoms with Crippen LogP contribution < -0.4 is 24.4 Å². The number of nitrogens with zero attached hydrogens (tertiary/aromatic N) is 1. The summed E-state index contributed by atoms with van der Waals surface area (Å²) in [5, 5.41) is 3.36. The quantitative estimate of drug-likeness (QED) is 0.549. The molecule has 6 nitrogen and oxygen atoms in total. The van der Waals surface area contributed by atoms with Gasteiger partial charge in [0, 0.05) is 4.47 Å². The Morgan fingerprint density at radius 2 is 1.60 bits per heavy atom. The SMILES string of the molecule is COc1cc(C2Nc3ccccc3N(c3cccc(Br)c3)C2=O)cc(OC)c1OC. The Bertz CT molecular complexity index is 1080. The third-order valence-electron chi connectivity index (χ3n) is 5.00. The Labute approximate surface area is 183 Å². The van der Waals surface area contributed by atoms with Crippen molar-refractivity contribution in [1.82, 2.24) is 0 Å². The third-order valence-corrected chi connectivity index (χ3v) is 5.49. The highest BCUT2D eigenvalue weighted by Gasteiger charge is 2.35. The molecular weight excluding hydrogens is 448 g/mol. The standard InChI is InChI=1S/C23H21BrN2O4/c1-28-19-11-14(12-20(29-2)22(19)30-3)21-23(27)26(16-8-6-7-15(24)13-16)18-10-5-4-9-17(18)25-21/h4-13,21,25H,1-3H3. The molecule has 4 rings (SSSR count). The fraction of sp³-hybridized carbons (Fsp3) is 0.174. The number of hydrogen-bond donors (Lipinski definition) is 1. The van der Waals surface area contributed by atoms with E-state index in [0.717, 1.165) is 21.5 Å². The van der Waals surface area contributed by atoms with E-state index in [1.807, 2.05) is 48.5 Å². The lowest BCUT2D eigenvalue weighted by molar-refractivity contribution is -0.118. The summed E-state index contributed by atoms with van der Waals surface area (Å²) in [5.41, 5.74) is 3.14. The first-order valence-corrected chi connectivity index (χ1v) is 10.1. The molecule has 0 radical (unpaired) electrons. The number of fused-ring (bicyclic) bond motifs is 1. The summed E-state index contributed by atoms with van der Waals surface area (Å²) in [6.07, 6.45) is 0. The van der Waals surface area contributed by atoms with Gasteiger partial charge in [0.05, 0.1) is 38.4 Å². The molecule has 1 amide bonds. The van der Waals surface area contributed by atoms with E-state index in [4.69, 9.17) is 14.2 Å². The molecule has 1 heterocycles. The van der Waals surface area contributed by atoms with Crippen LogP contribution in [0.3, 0.4) is 0 Å². The lowest BCUT2D eigenvalue weighted by Crippen LogP contribution is -2.39. The van der Waals surface area contributed by atoms with Crippen molar-refractivity contribution in [2.75, 3.05) is 31.5 Å². The van der Waals surface area contributed by atoms with Gasteiger partial charge in [-0.05, 0) is 48.0 Å². The zero-order chi connectivity index (χ0) is 21.3. The zero-order valence-corrected chi connectivity index (χ0v) is 18.4. The zero-order valence-electron chi connectivity index (χ0n) is 16.8. The number of halogens is 1. The number of para-hydroxylation sites is 2. The number of methoxy groups -OCH3 is 3. The summed E-state index contributed by atoms with van der Waals surface area (Å²) >= 11 is 3.50. The molecule has 30 heavy (non-hydrogen) atoms. The molecule has 1 aliphatic heterocycles. The molecule has 1 unspecified atom stereocenters. The maximum Gasteiger partial charge on any atom is 0.258 e. The van der Waals surface area contributed by atoms with Gasteiger partial charge in [-0.15, -0.1) is 0 Å². The van der Waals surface area contributed by atoms with Crippen molar-refractivity contribution in [3.63, 3.8) is 0 Å². The second-order valence-electron chi connectivity index (χ2n) is 6.71. The van der Waals surface area contributed by atoms with Crippen LogP contribution in [0.5, 0.6) is 17.2 Å². The van der Waals surface area contributed by atoms with Crippen LogP contribution >= 0.6 is 15.9 Å². The number of rotatable bonds is 5. The van der Waals surface area contributed by atoms with E-state index in [1.165, 1.54) is 0 Å². The van der Waals surface area contributed by atoms with Crippen molar-refractivity contribution in [2.45, 2.75) is 6.04 Å². The van der Waals surface area contributed by atoms with Crippen molar-refractivity contribution < 1.29 is 19.0 Å². The number of carbonyl (C=O) groups is 1. The van der Waals surface area contributed by atoms with Crippen molar-refractivity contribution in [1.29, 1.82) is 0 Å². The summed E-state index contributed by atoms with van der Waals surface area (Å²) in [4.78, 5) is 15.4. The van der Waals surface area contributed by atoms with Crippen LogP contribution in [-0.4, -0.2) is 27.2 Å². The smallest absolute Gasteiger partial charge is 0.258 e. The van der Waals surface area contributed by atoms with Crippen molar-refractivity contribution >= 4 is 38.9 Å². The van der Waals surface area contributed by atoms with E-state index in [2.05, 4.69) is 21.2 Å². The highest BCUT2D eigenvalue weighted by Crippen LogP contribution is 2.45. The molecule has 3 aromatic carbocycles. The summed E-state index contributed by atoms with van der Waals surface area (Å²) in [6, 6.07) is 18.4. The highest BCUT2D eigenvalue weighted by molar-refractivity contribution is 9.10. The van der Waals surface area contributed by atoms with Crippen molar-refractivity contribution in [3.8, 4) is 17.2 Å². The Hall–Kier alpha value is -3.19. The first-order valence-electron chi connectivity index (χ1n) is 9.32. The van der Waals surface area contributed by atoms with Crippen LogP contribution in [0.1, 0.15) is 11.6 Å². The molecule has 3 aromatic rings. The minimum absolute atomic E-state index is 0.110. The molecule has 1 N–H and O–H groups in total. The average molecular weight is 469 g/mol. The Kier molecular flexibility index (Phi) is 5.55. The molecule has 0 bridgehead atoms. The Balaban J connectivity index is 1.86. The Morgan fingerprint density at radius 3 is 2.23 bits per heavy atom. The van der Waals surface area contributed by atoms with E-state index >= 15 is 0 Å². The minimum Gasteiger partial charge on any atom is -0.493 e. The monoisotopic (exact) mass is 468 g/mol. The Morgan fingerprint density at radius 1 is 0.900 bits per heavy atom. The van der Waals surface area contributed by atoms with Gasteiger partial charge in [-0.25, -0.2) is 0 Å². The number of carbonyl (C=O) groups excluding carboxylic acids is 1. The molecule has 154 valence electrons.